The van der Waals surface area contributed by atoms with Crippen LogP contribution >= 0.6 is 0 Å². The van der Waals surface area contributed by atoms with Crippen molar-refractivity contribution in [1.82, 2.24) is 9.97 Å². The number of unbranched alkanes of at least 4 members (excludes halogenated alkanes) is 1. The first kappa shape index (κ1) is 9.77. The largest absolute Gasteiger partial charge is 0.481 e. The third-order valence-electron chi connectivity index (χ3n) is 1.69. The number of anilines is 1. The van der Waals surface area contributed by atoms with E-state index in [1.807, 2.05) is 0 Å². The van der Waals surface area contributed by atoms with E-state index in [0.717, 1.165) is 18.8 Å². The number of rotatable bonds is 5. The maximum absolute atomic E-state index is 4.97. The third-order valence-corrected chi connectivity index (χ3v) is 1.69. The molecular formula is C9H15N3O. The summed E-state index contributed by atoms with van der Waals surface area (Å²) in [6.07, 6.45) is 3.81. The quantitative estimate of drug-likeness (QED) is 0.702. The minimum atomic E-state index is 0.592. The van der Waals surface area contributed by atoms with Crippen molar-refractivity contribution >= 4 is 5.82 Å². The molecule has 4 heteroatoms. The summed E-state index contributed by atoms with van der Waals surface area (Å²) < 4.78 is 4.97. The molecule has 0 aliphatic carbocycles. The molecule has 1 aromatic heterocycles. The van der Waals surface area contributed by atoms with Crippen LogP contribution in [-0.4, -0.2) is 23.6 Å². The lowest BCUT2D eigenvalue weighted by Crippen LogP contribution is -2.03. The molecule has 0 spiro atoms. The van der Waals surface area contributed by atoms with Gasteiger partial charge in [-0.05, 0) is 6.42 Å². The predicted octanol–water partition coefficient (Wildman–Crippen LogP) is 1.70. The SMILES string of the molecule is CCCCNc1cc(OC)ncn1. The number of nitrogens with one attached hydrogen (secondary N) is 1. The number of hydrogen-bond donors (Lipinski definition) is 1. The Labute approximate surface area is 78.4 Å². The van der Waals surface area contributed by atoms with Crippen LogP contribution in [0.4, 0.5) is 5.82 Å². The van der Waals surface area contributed by atoms with Crippen molar-refractivity contribution in [2.75, 3.05) is 19.0 Å². The molecule has 1 aromatic rings. The molecule has 0 fully saturated rings. The van der Waals surface area contributed by atoms with Gasteiger partial charge in [0.25, 0.3) is 0 Å². The zero-order valence-electron chi connectivity index (χ0n) is 8.08. The van der Waals surface area contributed by atoms with Gasteiger partial charge in [-0.1, -0.05) is 13.3 Å². The van der Waals surface area contributed by atoms with Crippen molar-refractivity contribution in [3.05, 3.63) is 12.4 Å². The van der Waals surface area contributed by atoms with E-state index in [0.29, 0.717) is 5.88 Å². The Morgan fingerprint density at radius 2 is 2.31 bits per heavy atom. The standard InChI is InChI=1S/C9H15N3O/c1-3-4-5-10-8-6-9(13-2)12-7-11-8/h6-7H,3-5H2,1-2H3,(H,10,11,12). The van der Waals surface area contributed by atoms with Crippen LogP contribution in [0, 0.1) is 0 Å². The van der Waals surface area contributed by atoms with E-state index in [1.165, 1.54) is 12.7 Å². The van der Waals surface area contributed by atoms with Gasteiger partial charge in [0.1, 0.15) is 12.1 Å². The van der Waals surface area contributed by atoms with Crippen LogP contribution in [0.15, 0.2) is 12.4 Å². The zero-order valence-corrected chi connectivity index (χ0v) is 8.08. The van der Waals surface area contributed by atoms with Crippen LogP contribution in [0.25, 0.3) is 0 Å². The van der Waals surface area contributed by atoms with Crippen LogP contribution in [0.1, 0.15) is 19.8 Å². The summed E-state index contributed by atoms with van der Waals surface area (Å²) in [5.41, 5.74) is 0. The Morgan fingerprint density at radius 3 is 3.00 bits per heavy atom. The molecule has 0 aromatic carbocycles. The van der Waals surface area contributed by atoms with E-state index in [-0.39, 0.29) is 0 Å². The molecule has 4 nitrogen and oxygen atoms in total. The topological polar surface area (TPSA) is 47.0 Å². The minimum Gasteiger partial charge on any atom is -0.481 e. The van der Waals surface area contributed by atoms with Gasteiger partial charge in [0.05, 0.1) is 7.11 Å². The van der Waals surface area contributed by atoms with Gasteiger partial charge in [-0.15, -0.1) is 0 Å². The highest BCUT2D eigenvalue weighted by atomic mass is 16.5. The van der Waals surface area contributed by atoms with Crippen LogP contribution < -0.4 is 10.1 Å². The molecule has 0 bridgehead atoms. The van der Waals surface area contributed by atoms with E-state index in [9.17, 15) is 0 Å². The van der Waals surface area contributed by atoms with Crippen molar-refractivity contribution in [3.8, 4) is 5.88 Å². The normalized spacial score (nSPS) is 9.69. The molecule has 0 aliphatic heterocycles. The lowest BCUT2D eigenvalue weighted by atomic mass is 10.3. The maximum Gasteiger partial charge on any atom is 0.218 e. The Kier molecular flexibility index (Phi) is 4.02. The molecule has 0 amide bonds. The van der Waals surface area contributed by atoms with Crippen LogP contribution in [0.2, 0.25) is 0 Å². The van der Waals surface area contributed by atoms with Gasteiger partial charge in [-0.3, -0.25) is 0 Å². The summed E-state index contributed by atoms with van der Waals surface area (Å²) in [5, 5.41) is 3.19. The summed E-state index contributed by atoms with van der Waals surface area (Å²) >= 11 is 0. The highest BCUT2D eigenvalue weighted by Crippen LogP contribution is 2.09. The average Bonchev–Trinajstić information content (AvgIpc) is 2.19. The number of ether oxygens (including phenoxy) is 1. The fourth-order valence-electron chi connectivity index (χ4n) is 0.941. The van der Waals surface area contributed by atoms with Gasteiger partial charge >= 0.3 is 0 Å². The van der Waals surface area contributed by atoms with Crippen molar-refractivity contribution in [2.45, 2.75) is 19.8 Å². The van der Waals surface area contributed by atoms with Crippen LogP contribution in [-0.2, 0) is 0 Å². The molecule has 1 heterocycles. The zero-order chi connectivity index (χ0) is 9.52. The number of nitrogens with zero attached hydrogens (tertiary/aromatic N) is 2. The molecule has 13 heavy (non-hydrogen) atoms. The second-order valence-corrected chi connectivity index (χ2v) is 2.73. The third kappa shape index (κ3) is 3.27. The van der Waals surface area contributed by atoms with E-state index in [2.05, 4.69) is 22.2 Å². The Morgan fingerprint density at radius 1 is 1.46 bits per heavy atom. The molecule has 0 saturated carbocycles. The minimum absolute atomic E-state index is 0.592. The summed E-state index contributed by atoms with van der Waals surface area (Å²) in [7, 11) is 1.60. The van der Waals surface area contributed by atoms with E-state index in [4.69, 9.17) is 4.74 Å². The average molecular weight is 181 g/mol. The molecule has 72 valence electrons. The van der Waals surface area contributed by atoms with Crippen molar-refractivity contribution < 1.29 is 4.74 Å². The highest BCUT2D eigenvalue weighted by Gasteiger charge is 1.96. The predicted molar refractivity (Wildman–Crippen MR) is 52.0 cm³/mol. The second-order valence-electron chi connectivity index (χ2n) is 2.73. The molecule has 1 N–H and O–H groups in total. The van der Waals surface area contributed by atoms with Crippen LogP contribution in [0.3, 0.4) is 0 Å². The highest BCUT2D eigenvalue weighted by molar-refractivity contribution is 5.36. The van der Waals surface area contributed by atoms with Crippen molar-refractivity contribution in [3.63, 3.8) is 0 Å². The number of methoxy groups -OCH3 is 1. The number of hydrogen-bond acceptors (Lipinski definition) is 4. The first-order valence-electron chi connectivity index (χ1n) is 4.46. The lowest BCUT2D eigenvalue weighted by Gasteiger charge is -2.04. The van der Waals surface area contributed by atoms with Crippen molar-refractivity contribution in [2.24, 2.45) is 0 Å². The maximum atomic E-state index is 4.97. The van der Waals surface area contributed by atoms with Gasteiger partial charge in [-0.2, -0.15) is 0 Å². The molecule has 1 rings (SSSR count). The Hall–Kier alpha value is -1.32. The lowest BCUT2D eigenvalue weighted by molar-refractivity contribution is 0.397. The summed E-state index contributed by atoms with van der Waals surface area (Å²) in [5.74, 6) is 1.41. The summed E-state index contributed by atoms with van der Waals surface area (Å²) in [6, 6.07) is 1.79. The smallest absolute Gasteiger partial charge is 0.218 e. The first-order chi connectivity index (χ1) is 6.36. The molecule has 0 saturated heterocycles. The monoisotopic (exact) mass is 181 g/mol. The molecular weight excluding hydrogens is 166 g/mol. The van der Waals surface area contributed by atoms with E-state index in [1.54, 1.807) is 13.2 Å². The van der Waals surface area contributed by atoms with Gasteiger partial charge in [0.2, 0.25) is 5.88 Å². The number of aromatic nitrogens is 2. The van der Waals surface area contributed by atoms with Gasteiger partial charge in [0.15, 0.2) is 0 Å². The van der Waals surface area contributed by atoms with E-state index < -0.39 is 0 Å². The Balaban J connectivity index is 2.46. The molecule has 0 atom stereocenters. The Bertz CT molecular complexity index is 252. The summed E-state index contributed by atoms with van der Waals surface area (Å²) in [4.78, 5) is 7.97. The van der Waals surface area contributed by atoms with Gasteiger partial charge in [0, 0.05) is 12.6 Å². The second kappa shape index (κ2) is 5.35. The first-order valence-corrected chi connectivity index (χ1v) is 4.46. The fourth-order valence-corrected chi connectivity index (χ4v) is 0.941. The van der Waals surface area contributed by atoms with Crippen LogP contribution in [0.5, 0.6) is 5.88 Å². The summed E-state index contributed by atoms with van der Waals surface area (Å²) in [6.45, 7) is 3.10. The fraction of sp³-hybridized carbons (Fsp3) is 0.556. The molecule has 0 radical (unpaired) electrons. The molecule has 0 unspecified atom stereocenters. The van der Waals surface area contributed by atoms with Gasteiger partial charge in [-0.25, -0.2) is 9.97 Å². The molecule has 0 aliphatic rings. The van der Waals surface area contributed by atoms with Crippen molar-refractivity contribution in [1.29, 1.82) is 0 Å². The van der Waals surface area contributed by atoms with E-state index >= 15 is 0 Å². The van der Waals surface area contributed by atoms with Gasteiger partial charge < -0.3 is 10.1 Å².